The second kappa shape index (κ2) is 8.34. The van der Waals surface area contributed by atoms with E-state index in [-0.39, 0.29) is 35.4 Å². The summed E-state index contributed by atoms with van der Waals surface area (Å²) in [6.07, 6.45) is -4.76. The maximum Gasteiger partial charge on any atom is 0.573 e. The van der Waals surface area contributed by atoms with E-state index in [1.54, 1.807) is 25.1 Å². The molecule has 1 heterocycles. The molecular formula is C19H18F3N3O4S. The molecule has 1 aliphatic rings. The standard InChI is InChI=1S/C19H18F3N3O4S/c1-12(13-6-8-14(9-7-13)29-19(20,21)22)24-17(26)10-11-23-18-15-4-2-3-5-16(15)30(27,28)25-18/h2-9,12H,10-11H2,1H3,(H,23,25)(H,24,26). The Hall–Kier alpha value is -3.08. The highest BCUT2D eigenvalue weighted by molar-refractivity contribution is 7.90. The maximum atomic E-state index is 12.2. The van der Waals surface area contributed by atoms with Gasteiger partial charge in [-0.2, -0.15) is 0 Å². The number of ether oxygens (including phenoxy) is 1. The molecule has 30 heavy (non-hydrogen) atoms. The molecular weight excluding hydrogens is 423 g/mol. The molecule has 0 saturated heterocycles. The number of aliphatic imine (C=N–C) groups is 1. The van der Waals surface area contributed by atoms with Crippen molar-refractivity contribution in [2.75, 3.05) is 6.54 Å². The van der Waals surface area contributed by atoms with Gasteiger partial charge in [0.2, 0.25) is 5.91 Å². The predicted octanol–water partition coefficient (Wildman–Crippen LogP) is 2.89. The Balaban J connectivity index is 1.54. The van der Waals surface area contributed by atoms with E-state index in [2.05, 4.69) is 19.8 Å². The Morgan fingerprint density at radius 2 is 1.83 bits per heavy atom. The minimum atomic E-state index is -4.77. The molecule has 2 aromatic carbocycles. The smallest absolute Gasteiger partial charge is 0.406 e. The second-order valence-electron chi connectivity index (χ2n) is 6.49. The van der Waals surface area contributed by atoms with Crippen molar-refractivity contribution in [2.45, 2.75) is 30.6 Å². The number of sulfonamides is 1. The van der Waals surface area contributed by atoms with E-state index in [0.29, 0.717) is 11.1 Å². The van der Waals surface area contributed by atoms with Crippen LogP contribution in [0.3, 0.4) is 0 Å². The molecule has 1 aliphatic heterocycles. The van der Waals surface area contributed by atoms with Crippen LogP contribution < -0.4 is 14.8 Å². The van der Waals surface area contributed by atoms with E-state index in [1.807, 2.05) is 0 Å². The first-order valence-electron chi connectivity index (χ1n) is 8.87. The van der Waals surface area contributed by atoms with Crippen LogP contribution >= 0.6 is 0 Å². The van der Waals surface area contributed by atoms with Crippen LogP contribution in [0.15, 0.2) is 58.4 Å². The Labute approximate surface area is 171 Å². The van der Waals surface area contributed by atoms with Crippen molar-refractivity contribution < 1.29 is 31.1 Å². The van der Waals surface area contributed by atoms with Crippen molar-refractivity contribution in [2.24, 2.45) is 4.99 Å². The monoisotopic (exact) mass is 441 g/mol. The molecule has 0 radical (unpaired) electrons. The lowest BCUT2D eigenvalue weighted by Gasteiger charge is -2.15. The van der Waals surface area contributed by atoms with Gasteiger partial charge in [0.1, 0.15) is 11.6 Å². The Morgan fingerprint density at radius 1 is 1.17 bits per heavy atom. The van der Waals surface area contributed by atoms with E-state index in [4.69, 9.17) is 0 Å². The van der Waals surface area contributed by atoms with Crippen LogP contribution in [0.2, 0.25) is 0 Å². The molecule has 2 aromatic rings. The van der Waals surface area contributed by atoms with Crippen LogP contribution in [-0.2, 0) is 14.8 Å². The molecule has 0 spiro atoms. The van der Waals surface area contributed by atoms with Crippen LogP contribution in [0.25, 0.3) is 0 Å². The largest absolute Gasteiger partial charge is 0.573 e. The van der Waals surface area contributed by atoms with E-state index in [0.717, 1.165) is 0 Å². The van der Waals surface area contributed by atoms with E-state index < -0.39 is 22.4 Å². The predicted molar refractivity (Wildman–Crippen MR) is 102 cm³/mol. The number of amides is 1. The van der Waals surface area contributed by atoms with Gasteiger partial charge in [-0.15, -0.1) is 13.2 Å². The third-order valence-corrected chi connectivity index (χ3v) is 5.66. The molecule has 0 saturated carbocycles. The number of hydrogen-bond donors (Lipinski definition) is 2. The number of alkyl halides is 3. The minimum absolute atomic E-state index is 0.00695. The van der Waals surface area contributed by atoms with Gasteiger partial charge in [-0.25, -0.2) is 8.42 Å². The fourth-order valence-electron chi connectivity index (χ4n) is 2.88. The van der Waals surface area contributed by atoms with Gasteiger partial charge >= 0.3 is 6.36 Å². The van der Waals surface area contributed by atoms with Gasteiger partial charge in [-0.3, -0.25) is 14.5 Å². The molecule has 0 bridgehead atoms. The summed E-state index contributed by atoms with van der Waals surface area (Å²) in [5, 5.41) is 2.71. The number of carbonyl (C=O) groups is 1. The minimum Gasteiger partial charge on any atom is -0.406 e. The fourth-order valence-corrected chi connectivity index (χ4v) is 4.13. The van der Waals surface area contributed by atoms with Gasteiger partial charge in [0.15, 0.2) is 0 Å². The summed E-state index contributed by atoms with van der Waals surface area (Å²) >= 11 is 0. The summed E-state index contributed by atoms with van der Waals surface area (Å²) in [5.74, 6) is -0.497. The third-order valence-electron chi connectivity index (χ3n) is 4.26. The molecule has 3 rings (SSSR count). The summed E-state index contributed by atoms with van der Waals surface area (Å²) < 4.78 is 66.8. The highest BCUT2D eigenvalue weighted by Gasteiger charge is 2.31. The molecule has 11 heteroatoms. The number of benzene rings is 2. The first kappa shape index (κ1) is 21.6. The van der Waals surface area contributed by atoms with Crippen LogP contribution in [-0.4, -0.2) is 33.1 Å². The summed E-state index contributed by atoms with van der Waals surface area (Å²) in [5.41, 5.74) is 1.05. The zero-order chi connectivity index (χ0) is 21.9. The summed E-state index contributed by atoms with van der Waals surface area (Å²) in [6.45, 7) is 1.74. The Morgan fingerprint density at radius 3 is 2.50 bits per heavy atom. The van der Waals surface area contributed by atoms with Crippen molar-refractivity contribution in [1.29, 1.82) is 0 Å². The van der Waals surface area contributed by atoms with E-state index in [9.17, 15) is 26.4 Å². The molecule has 1 unspecified atom stereocenters. The number of nitrogens with zero attached hydrogens (tertiary/aromatic N) is 1. The van der Waals surface area contributed by atoms with Crippen LogP contribution in [0.5, 0.6) is 5.75 Å². The van der Waals surface area contributed by atoms with Crippen molar-refractivity contribution in [3.8, 4) is 5.75 Å². The van der Waals surface area contributed by atoms with Crippen molar-refractivity contribution in [3.05, 3.63) is 59.7 Å². The number of nitrogens with one attached hydrogen (secondary N) is 2. The van der Waals surface area contributed by atoms with Crippen LogP contribution in [0.4, 0.5) is 13.2 Å². The van der Waals surface area contributed by atoms with Crippen molar-refractivity contribution in [1.82, 2.24) is 10.0 Å². The van der Waals surface area contributed by atoms with Gasteiger partial charge in [-0.05, 0) is 36.8 Å². The molecule has 1 atom stereocenters. The van der Waals surface area contributed by atoms with Gasteiger partial charge < -0.3 is 10.1 Å². The summed E-state index contributed by atoms with van der Waals surface area (Å²) in [4.78, 5) is 16.4. The maximum absolute atomic E-state index is 12.2. The van der Waals surface area contributed by atoms with Gasteiger partial charge in [0.25, 0.3) is 10.0 Å². The Bertz CT molecular complexity index is 1070. The molecule has 0 fully saturated rings. The van der Waals surface area contributed by atoms with Crippen LogP contribution in [0, 0.1) is 0 Å². The topological polar surface area (TPSA) is 96.9 Å². The highest BCUT2D eigenvalue weighted by Crippen LogP contribution is 2.24. The molecule has 1 amide bonds. The summed E-state index contributed by atoms with van der Waals surface area (Å²) in [6, 6.07) is 11.1. The lowest BCUT2D eigenvalue weighted by atomic mass is 10.1. The van der Waals surface area contributed by atoms with Gasteiger partial charge in [0.05, 0.1) is 17.5 Å². The highest BCUT2D eigenvalue weighted by atomic mass is 32.2. The molecule has 0 aliphatic carbocycles. The number of carbonyl (C=O) groups excluding carboxylic acids is 1. The second-order valence-corrected chi connectivity index (χ2v) is 8.14. The summed E-state index contributed by atoms with van der Waals surface area (Å²) in [7, 11) is -3.64. The number of hydrogen-bond acceptors (Lipinski definition) is 5. The number of amidine groups is 1. The average Bonchev–Trinajstić information content (AvgIpc) is 2.92. The van der Waals surface area contributed by atoms with Crippen LogP contribution in [0.1, 0.15) is 30.5 Å². The normalized spacial score (nSPS) is 17.1. The number of halogens is 3. The van der Waals surface area contributed by atoms with E-state index >= 15 is 0 Å². The first-order valence-corrected chi connectivity index (χ1v) is 10.4. The van der Waals surface area contributed by atoms with Crippen molar-refractivity contribution in [3.63, 3.8) is 0 Å². The lowest BCUT2D eigenvalue weighted by molar-refractivity contribution is -0.274. The van der Waals surface area contributed by atoms with Crippen molar-refractivity contribution >= 4 is 21.8 Å². The third kappa shape index (κ3) is 5.29. The fraction of sp³-hybridized carbons (Fsp3) is 0.263. The quantitative estimate of drug-likeness (QED) is 0.721. The molecule has 0 aromatic heterocycles. The number of rotatable bonds is 6. The van der Waals surface area contributed by atoms with Gasteiger partial charge in [0, 0.05) is 12.0 Å². The zero-order valence-corrected chi connectivity index (χ0v) is 16.5. The zero-order valence-electron chi connectivity index (χ0n) is 15.7. The molecule has 2 N–H and O–H groups in total. The lowest BCUT2D eigenvalue weighted by Crippen LogP contribution is -2.27. The molecule has 160 valence electrons. The Kier molecular flexibility index (Phi) is 6.01. The first-order chi connectivity index (χ1) is 14.0. The average molecular weight is 441 g/mol. The number of fused-ring (bicyclic) bond motifs is 1. The molecule has 7 nitrogen and oxygen atoms in total. The van der Waals surface area contributed by atoms with Gasteiger partial charge in [-0.1, -0.05) is 24.3 Å². The van der Waals surface area contributed by atoms with E-state index in [1.165, 1.54) is 30.3 Å². The SMILES string of the molecule is CC(NC(=O)CCN=C1NS(=O)(=O)c2ccccc21)c1ccc(OC(F)(F)F)cc1.